The van der Waals surface area contributed by atoms with E-state index >= 15 is 0 Å². The molecule has 0 saturated heterocycles. The number of primary sulfonamides is 1. The van der Waals surface area contributed by atoms with Gasteiger partial charge in [-0.05, 0) is 59.8 Å². The zero-order chi connectivity index (χ0) is 20.7. The summed E-state index contributed by atoms with van der Waals surface area (Å²) in [6.45, 7) is 1.97. The molecule has 0 saturated carbocycles. The highest BCUT2D eigenvalue weighted by Crippen LogP contribution is 2.29. The maximum atomic E-state index is 11.3. The van der Waals surface area contributed by atoms with Crippen molar-refractivity contribution in [2.75, 3.05) is 13.7 Å². The van der Waals surface area contributed by atoms with Gasteiger partial charge >= 0.3 is 0 Å². The molecule has 0 radical (unpaired) electrons. The maximum absolute atomic E-state index is 11.3. The van der Waals surface area contributed by atoms with Crippen LogP contribution in [0.15, 0.2) is 64.9 Å². The first-order valence-corrected chi connectivity index (χ1v) is 11.5. The molecule has 0 atom stereocenters. The summed E-state index contributed by atoms with van der Waals surface area (Å²) < 4.78 is 33.9. The molecule has 3 aromatic rings. The zero-order valence-corrected chi connectivity index (χ0v) is 18.9. The lowest BCUT2D eigenvalue weighted by molar-refractivity contribution is -0.00000903. The Balaban J connectivity index is 0.00000320. The molecule has 9 heteroatoms. The Morgan fingerprint density at radius 3 is 2.40 bits per heavy atom. The van der Waals surface area contributed by atoms with E-state index < -0.39 is 10.0 Å². The molecule has 2 aromatic carbocycles. The number of nitrogens with two attached hydrogens (primary N) is 1. The molecule has 0 aliphatic carbocycles. The SMILES string of the molecule is COc1cc(CNCCc2ccc(S(N)(=O)=O)cc2)ccc1OCc1cccs1.[Cl-]. The fourth-order valence-electron chi connectivity index (χ4n) is 2.80. The number of rotatable bonds is 10. The highest BCUT2D eigenvalue weighted by molar-refractivity contribution is 7.89. The Morgan fingerprint density at radius 1 is 1.03 bits per heavy atom. The predicted octanol–water partition coefficient (Wildman–Crippen LogP) is 0.319. The molecule has 0 aliphatic heterocycles. The molecule has 0 bridgehead atoms. The minimum atomic E-state index is -3.65. The van der Waals surface area contributed by atoms with Crippen molar-refractivity contribution in [2.45, 2.75) is 24.5 Å². The molecule has 0 aliphatic rings. The second kappa shape index (κ2) is 11.3. The Hall–Kier alpha value is -2.10. The summed E-state index contributed by atoms with van der Waals surface area (Å²) in [6, 6.07) is 16.6. The normalized spacial score (nSPS) is 11.0. The van der Waals surface area contributed by atoms with Crippen LogP contribution in [0.5, 0.6) is 11.5 Å². The molecule has 3 N–H and O–H groups in total. The third-order valence-corrected chi connectivity index (χ3v) is 6.13. The van der Waals surface area contributed by atoms with Crippen molar-refractivity contribution >= 4 is 21.4 Å². The van der Waals surface area contributed by atoms with Gasteiger partial charge in [0.2, 0.25) is 10.0 Å². The third-order valence-electron chi connectivity index (χ3n) is 4.35. The third kappa shape index (κ3) is 7.00. The van der Waals surface area contributed by atoms with E-state index in [4.69, 9.17) is 14.6 Å². The van der Waals surface area contributed by atoms with E-state index in [1.54, 1.807) is 30.6 Å². The van der Waals surface area contributed by atoms with Crippen LogP contribution in [0.3, 0.4) is 0 Å². The van der Waals surface area contributed by atoms with Gasteiger partial charge in [0.25, 0.3) is 0 Å². The molecular formula is C21H24ClN2O4S2-. The van der Waals surface area contributed by atoms with Gasteiger partial charge < -0.3 is 27.2 Å². The average Bonchev–Trinajstić information content (AvgIpc) is 3.23. The number of hydrogen-bond donors (Lipinski definition) is 2. The van der Waals surface area contributed by atoms with Crippen LogP contribution in [0.1, 0.15) is 16.0 Å². The van der Waals surface area contributed by atoms with Gasteiger partial charge in [0.1, 0.15) is 6.61 Å². The molecule has 162 valence electrons. The summed E-state index contributed by atoms with van der Waals surface area (Å²) >= 11 is 1.66. The number of sulfonamides is 1. The predicted molar refractivity (Wildman–Crippen MR) is 115 cm³/mol. The number of benzene rings is 2. The van der Waals surface area contributed by atoms with Crippen LogP contribution in [0.4, 0.5) is 0 Å². The van der Waals surface area contributed by atoms with E-state index in [0.29, 0.717) is 18.9 Å². The molecule has 0 unspecified atom stereocenters. The van der Waals surface area contributed by atoms with Gasteiger partial charge in [0.05, 0.1) is 12.0 Å². The first-order valence-electron chi connectivity index (χ1n) is 9.10. The summed E-state index contributed by atoms with van der Waals surface area (Å²) in [4.78, 5) is 1.29. The number of ether oxygens (including phenoxy) is 2. The van der Waals surface area contributed by atoms with Crippen LogP contribution < -0.4 is 32.3 Å². The van der Waals surface area contributed by atoms with E-state index in [9.17, 15) is 8.42 Å². The Morgan fingerprint density at radius 2 is 1.77 bits per heavy atom. The Bertz CT molecular complexity index is 1020. The van der Waals surface area contributed by atoms with Gasteiger partial charge in [-0.2, -0.15) is 0 Å². The van der Waals surface area contributed by atoms with Crippen LogP contribution in [0.25, 0.3) is 0 Å². The Labute approximate surface area is 187 Å². The Kier molecular flexibility index (Phi) is 9.13. The maximum Gasteiger partial charge on any atom is 0.238 e. The molecule has 1 heterocycles. The van der Waals surface area contributed by atoms with E-state index in [0.717, 1.165) is 34.7 Å². The first kappa shape index (κ1) is 24.2. The minimum Gasteiger partial charge on any atom is -1.00 e. The summed E-state index contributed by atoms with van der Waals surface area (Å²) in [5, 5.41) is 10.5. The molecule has 0 fully saturated rings. The highest BCUT2D eigenvalue weighted by atomic mass is 35.5. The monoisotopic (exact) mass is 467 g/mol. The number of thiophene rings is 1. The van der Waals surface area contributed by atoms with E-state index in [1.807, 2.05) is 35.7 Å². The van der Waals surface area contributed by atoms with Crippen LogP contribution in [0.2, 0.25) is 0 Å². The van der Waals surface area contributed by atoms with Gasteiger partial charge in [0, 0.05) is 11.4 Å². The lowest BCUT2D eigenvalue weighted by Crippen LogP contribution is -3.00. The number of hydrogen-bond acceptors (Lipinski definition) is 6. The smallest absolute Gasteiger partial charge is 0.238 e. The standard InChI is InChI=1S/C21H24N2O4S2.ClH/c1-26-21-13-17(6-9-20(21)27-15-18-3-2-12-28-18)14-23-11-10-16-4-7-19(8-5-16)29(22,24)25;/h2-9,12-13,23H,10-11,14-15H2,1H3,(H2,22,24,25);1H/p-1. The molecule has 30 heavy (non-hydrogen) atoms. The lowest BCUT2D eigenvalue weighted by atomic mass is 10.1. The summed E-state index contributed by atoms with van der Waals surface area (Å²) in [5.74, 6) is 1.43. The van der Waals surface area contributed by atoms with Gasteiger partial charge in [-0.25, -0.2) is 13.6 Å². The quantitative estimate of drug-likeness (QED) is 0.419. The van der Waals surface area contributed by atoms with Crippen molar-refractivity contribution in [2.24, 2.45) is 5.14 Å². The lowest BCUT2D eigenvalue weighted by Gasteiger charge is -2.12. The topological polar surface area (TPSA) is 90.6 Å². The molecular weight excluding hydrogens is 444 g/mol. The molecule has 1 aromatic heterocycles. The van der Waals surface area contributed by atoms with Crippen molar-refractivity contribution in [1.82, 2.24) is 5.32 Å². The number of methoxy groups -OCH3 is 1. The van der Waals surface area contributed by atoms with E-state index in [2.05, 4.69) is 5.32 Å². The van der Waals surface area contributed by atoms with Gasteiger partial charge in [0.15, 0.2) is 11.5 Å². The second-order valence-corrected chi connectivity index (χ2v) is 9.06. The number of halogens is 1. The molecule has 3 rings (SSSR count). The fourth-order valence-corrected chi connectivity index (χ4v) is 3.93. The molecule has 6 nitrogen and oxygen atoms in total. The van der Waals surface area contributed by atoms with Crippen LogP contribution in [-0.2, 0) is 29.6 Å². The van der Waals surface area contributed by atoms with Crippen molar-refractivity contribution < 1.29 is 30.3 Å². The van der Waals surface area contributed by atoms with Crippen molar-refractivity contribution in [3.8, 4) is 11.5 Å². The van der Waals surface area contributed by atoms with Gasteiger partial charge in [-0.15, -0.1) is 11.3 Å². The van der Waals surface area contributed by atoms with Crippen LogP contribution in [0, 0.1) is 0 Å². The summed E-state index contributed by atoms with van der Waals surface area (Å²) in [6.07, 6.45) is 0.782. The summed E-state index contributed by atoms with van der Waals surface area (Å²) in [5.41, 5.74) is 2.13. The average molecular weight is 468 g/mol. The second-order valence-electron chi connectivity index (χ2n) is 6.47. The largest absolute Gasteiger partial charge is 1.00 e. The van der Waals surface area contributed by atoms with E-state index in [1.165, 1.54) is 12.1 Å². The molecule has 0 amide bonds. The van der Waals surface area contributed by atoms with Crippen LogP contribution >= 0.6 is 11.3 Å². The minimum absolute atomic E-state index is 0. The number of nitrogens with one attached hydrogen (secondary N) is 1. The van der Waals surface area contributed by atoms with Crippen LogP contribution in [-0.4, -0.2) is 22.1 Å². The van der Waals surface area contributed by atoms with E-state index in [-0.39, 0.29) is 17.3 Å². The van der Waals surface area contributed by atoms with Crippen molar-refractivity contribution in [3.05, 3.63) is 76.0 Å². The molecule has 0 spiro atoms. The zero-order valence-electron chi connectivity index (χ0n) is 16.5. The van der Waals surface area contributed by atoms with Crippen molar-refractivity contribution in [1.29, 1.82) is 0 Å². The first-order chi connectivity index (χ1) is 14.0. The van der Waals surface area contributed by atoms with Gasteiger partial charge in [-0.1, -0.05) is 24.3 Å². The van der Waals surface area contributed by atoms with Gasteiger partial charge in [-0.3, -0.25) is 0 Å². The fraction of sp³-hybridized carbons (Fsp3) is 0.238. The summed E-state index contributed by atoms with van der Waals surface area (Å²) in [7, 11) is -2.01. The highest BCUT2D eigenvalue weighted by Gasteiger charge is 2.08. The van der Waals surface area contributed by atoms with Crippen molar-refractivity contribution in [3.63, 3.8) is 0 Å².